The summed E-state index contributed by atoms with van der Waals surface area (Å²) in [5, 5.41) is 7.52. The van der Waals surface area contributed by atoms with Crippen LogP contribution in [0, 0.1) is 11.6 Å². The number of benzene rings is 1. The van der Waals surface area contributed by atoms with Crippen LogP contribution in [0.2, 0.25) is 0 Å². The summed E-state index contributed by atoms with van der Waals surface area (Å²) in [5.74, 6) is -2.57. The fraction of sp³-hybridized carbons (Fsp3) is 0.500. The van der Waals surface area contributed by atoms with Crippen molar-refractivity contribution in [1.29, 1.82) is 0 Å². The summed E-state index contributed by atoms with van der Waals surface area (Å²) in [4.78, 5) is 23.7. The average Bonchev–Trinajstić information content (AvgIpc) is 2.68. The van der Waals surface area contributed by atoms with E-state index in [4.69, 9.17) is 4.74 Å². The van der Waals surface area contributed by atoms with Crippen molar-refractivity contribution in [3.8, 4) is 5.75 Å². The molecule has 1 aromatic rings. The fourth-order valence-electron chi connectivity index (χ4n) is 2.38. The molecule has 0 bridgehead atoms. The van der Waals surface area contributed by atoms with Crippen LogP contribution in [0.3, 0.4) is 0 Å². The van der Waals surface area contributed by atoms with E-state index in [2.05, 4.69) is 16.0 Å². The minimum atomic E-state index is -0.911. The van der Waals surface area contributed by atoms with Crippen LogP contribution in [0.25, 0.3) is 0 Å². The number of urea groups is 1. The molecule has 0 unspecified atom stereocenters. The molecule has 1 heterocycles. The molecule has 1 aliphatic heterocycles. The molecule has 3 amide bonds. The van der Waals surface area contributed by atoms with Gasteiger partial charge in [-0.25, -0.2) is 13.6 Å². The molecule has 0 aromatic heterocycles. The van der Waals surface area contributed by atoms with Crippen molar-refractivity contribution in [3.05, 3.63) is 23.8 Å². The average molecular weight is 341 g/mol. The van der Waals surface area contributed by atoms with Crippen LogP contribution in [-0.2, 0) is 4.79 Å². The lowest BCUT2D eigenvalue weighted by atomic mass is 10.1. The second kappa shape index (κ2) is 7.94. The Morgan fingerprint density at radius 1 is 1.29 bits per heavy atom. The van der Waals surface area contributed by atoms with E-state index >= 15 is 0 Å². The Labute approximate surface area is 138 Å². The van der Waals surface area contributed by atoms with Crippen molar-refractivity contribution in [2.45, 2.75) is 45.3 Å². The lowest BCUT2D eigenvalue weighted by molar-refractivity contribution is -0.122. The lowest BCUT2D eigenvalue weighted by Crippen LogP contribution is -2.47. The zero-order valence-electron chi connectivity index (χ0n) is 13.6. The summed E-state index contributed by atoms with van der Waals surface area (Å²) in [6, 6.07) is 0.570. The standard InChI is InChI=1S/C16H21F2N3O3/c1-9(2)24-14-11(17)7-10(8-12(14)18)20-16(23)21-13-5-3-4-6-19-15(13)22/h7-9,13H,3-6H2,1-2H3,(H,19,22)(H2,20,21,23)/t13-/m0/s1. The zero-order valence-corrected chi connectivity index (χ0v) is 13.6. The molecule has 3 N–H and O–H groups in total. The molecule has 2 rings (SSSR count). The first-order valence-corrected chi connectivity index (χ1v) is 7.87. The third kappa shape index (κ3) is 4.81. The fourth-order valence-corrected chi connectivity index (χ4v) is 2.38. The summed E-state index contributed by atoms with van der Waals surface area (Å²) >= 11 is 0. The zero-order chi connectivity index (χ0) is 17.7. The van der Waals surface area contributed by atoms with Crippen LogP contribution in [-0.4, -0.2) is 30.6 Å². The van der Waals surface area contributed by atoms with Gasteiger partial charge in [-0.1, -0.05) is 0 Å². The summed E-state index contributed by atoms with van der Waals surface area (Å²) in [6.45, 7) is 3.87. The third-order valence-corrected chi connectivity index (χ3v) is 3.45. The molecule has 132 valence electrons. The molecule has 1 atom stereocenters. The number of hydrogen-bond acceptors (Lipinski definition) is 3. The number of rotatable bonds is 4. The molecule has 0 aliphatic carbocycles. The first-order chi connectivity index (χ1) is 11.4. The normalized spacial score (nSPS) is 17.9. The molecule has 6 nitrogen and oxygen atoms in total. The Balaban J connectivity index is 2.02. The SMILES string of the molecule is CC(C)Oc1c(F)cc(NC(=O)N[C@H]2CCCCNC2=O)cc1F. The number of anilines is 1. The van der Waals surface area contributed by atoms with Gasteiger partial charge in [-0.15, -0.1) is 0 Å². The quantitative estimate of drug-likeness (QED) is 0.787. The Bertz CT molecular complexity index is 600. The van der Waals surface area contributed by atoms with Gasteiger partial charge in [0.05, 0.1) is 6.10 Å². The molecule has 0 saturated carbocycles. The van der Waals surface area contributed by atoms with E-state index in [1.165, 1.54) is 0 Å². The van der Waals surface area contributed by atoms with Gasteiger partial charge in [-0.2, -0.15) is 0 Å². The summed E-state index contributed by atoms with van der Waals surface area (Å²) < 4.78 is 32.8. The van der Waals surface area contributed by atoms with Gasteiger partial charge in [0.15, 0.2) is 17.4 Å². The predicted molar refractivity (Wildman–Crippen MR) is 84.9 cm³/mol. The topological polar surface area (TPSA) is 79.5 Å². The Morgan fingerprint density at radius 2 is 1.96 bits per heavy atom. The number of amides is 3. The van der Waals surface area contributed by atoms with Crippen molar-refractivity contribution in [3.63, 3.8) is 0 Å². The van der Waals surface area contributed by atoms with Crippen LogP contribution >= 0.6 is 0 Å². The van der Waals surface area contributed by atoms with E-state index in [1.54, 1.807) is 13.8 Å². The van der Waals surface area contributed by atoms with Gasteiger partial charge in [-0.05, 0) is 33.1 Å². The highest BCUT2D eigenvalue weighted by molar-refractivity contribution is 5.93. The molecule has 1 saturated heterocycles. The number of carbonyl (C=O) groups excluding carboxylic acids is 2. The van der Waals surface area contributed by atoms with Gasteiger partial charge in [-0.3, -0.25) is 4.79 Å². The smallest absolute Gasteiger partial charge is 0.319 e. The monoisotopic (exact) mass is 341 g/mol. The molecule has 24 heavy (non-hydrogen) atoms. The third-order valence-electron chi connectivity index (χ3n) is 3.45. The molecule has 1 aromatic carbocycles. The molecule has 0 radical (unpaired) electrons. The highest BCUT2D eigenvalue weighted by Crippen LogP contribution is 2.26. The van der Waals surface area contributed by atoms with Gasteiger partial charge >= 0.3 is 6.03 Å². The van der Waals surface area contributed by atoms with Crippen LogP contribution in [0.5, 0.6) is 5.75 Å². The van der Waals surface area contributed by atoms with Gasteiger partial charge < -0.3 is 20.7 Å². The Morgan fingerprint density at radius 3 is 2.58 bits per heavy atom. The number of halogens is 2. The molecule has 8 heteroatoms. The maximum absolute atomic E-state index is 13.9. The van der Waals surface area contributed by atoms with Gasteiger partial charge in [0.25, 0.3) is 0 Å². The maximum Gasteiger partial charge on any atom is 0.319 e. The van der Waals surface area contributed by atoms with Crippen LogP contribution < -0.4 is 20.7 Å². The number of ether oxygens (including phenoxy) is 1. The molecule has 1 aliphatic rings. The largest absolute Gasteiger partial charge is 0.485 e. The van der Waals surface area contributed by atoms with E-state index in [1.807, 2.05) is 0 Å². The van der Waals surface area contributed by atoms with Gasteiger partial charge in [0.1, 0.15) is 6.04 Å². The number of nitrogens with one attached hydrogen (secondary N) is 3. The van der Waals surface area contributed by atoms with E-state index in [9.17, 15) is 18.4 Å². The molecule has 1 fully saturated rings. The second-order valence-corrected chi connectivity index (χ2v) is 5.87. The molecule has 0 spiro atoms. The van der Waals surface area contributed by atoms with E-state index in [0.29, 0.717) is 13.0 Å². The highest BCUT2D eigenvalue weighted by atomic mass is 19.1. The summed E-state index contributed by atoms with van der Waals surface area (Å²) in [7, 11) is 0. The lowest BCUT2D eigenvalue weighted by Gasteiger charge is -2.16. The predicted octanol–water partition coefficient (Wildman–Crippen LogP) is 2.54. The van der Waals surface area contributed by atoms with Crippen molar-refractivity contribution in [2.24, 2.45) is 0 Å². The molecular formula is C16H21F2N3O3. The first-order valence-electron chi connectivity index (χ1n) is 7.87. The highest BCUT2D eigenvalue weighted by Gasteiger charge is 2.23. The van der Waals surface area contributed by atoms with Crippen molar-refractivity contribution >= 4 is 17.6 Å². The molecular weight excluding hydrogens is 320 g/mol. The minimum absolute atomic E-state index is 0.0624. The summed E-state index contributed by atoms with van der Waals surface area (Å²) in [6.07, 6.45) is 1.78. The van der Waals surface area contributed by atoms with Gasteiger partial charge in [0.2, 0.25) is 5.91 Å². The Hall–Kier alpha value is -2.38. The minimum Gasteiger partial charge on any atom is -0.485 e. The summed E-state index contributed by atoms with van der Waals surface area (Å²) in [5.41, 5.74) is -0.0624. The van der Waals surface area contributed by atoms with E-state index in [0.717, 1.165) is 25.0 Å². The van der Waals surface area contributed by atoms with E-state index in [-0.39, 0.29) is 17.7 Å². The van der Waals surface area contributed by atoms with Crippen LogP contribution in [0.4, 0.5) is 19.3 Å². The van der Waals surface area contributed by atoms with E-state index < -0.39 is 29.5 Å². The number of carbonyl (C=O) groups is 2. The first kappa shape index (κ1) is 18.0. The van der Waals surface area contributed by atoms with Crippen molar-refractivity contribution in [1.82, 2.24) is 10.6 Å². The maximum atomic E-state index is 13.9. The van der Waals surface area contributed by atoms with Crippen molar-refractivity contribution < 1.29 is 23.1 Å². The number of hydrogen-bond donors (Lipinski definition) is 3. The van der Waals surface area contributed by atoms with Crippen LogP contribution in [0.15, 0.2) is 12.1 Å². The van der Waals surface area contributed by atoms with Gasteiger partial charge in [0, 0.05) is 24.4 Å². The Kier molecular flexibility index (Phi) is 5.94. The van der Waals surface area contributed by atoms with Crippen molar-refractivity contribution in [2.75, 3.05) is 11.9 Å². The van der Waals surface area contributed by atoms with Crippen LogP contribution in [0.1, 0.15) is 33.1 Å². The second-order valence-electron chi connectivity index (χ2n) is 5.87.